The smallest absolute Gasteiger partial charge is 0.240 e. The summed E-state index contributed by atoms with van der Waals surface area (Å²) in [5, 5.41) is 19.0. The third kappa shape index (κ3) is 6.69. The Bertz CT molecular complexity index is 1320. The number of benzene rings is 2. The Morgan fingerprint density at radius 1 is 1.10 bits per heavy atom. The van der Waals surface area contributed by atoms with Gasteiger partial charge in [-0.2, -0.15) is 4.98 Å². The first-order valence-electron chi connectivity index (χ1n) is 12.6. The number of carbonyl (C=O) groups is 1. The van der Waals surface area contributed by atoms with Gasteiger partial charge in [0.1, 0.15) is 16.5 Å². The van der Waals surface area contributed by atoms with E-state index < -0.39 is 0 Å². The molecule has 0 saturated carbocycles. The van der Waals surface area contributed by atoms with Gasteiger partial charge in [-0.1, -0.05) is 18.5 Å². The minimum atomic E-state index is 0.0198. The standard InChI is InChI=1S/C27H34ClN7O4/c1-5-35-15-18-11-24(39-4)21(12-22(18)34(2)25(37)16-35)32-27-30-14-20(28)26(33-27)31-19-6-7-23(38-3)17(10-19)13-29-8-9-36/h6-7,10-12,14,29,36H,5,8-9,13,15-16H2,1-4H3,(H2,30,31,32,33). The number of aliphatic hydroxyl groups excluding tert-OH is 1. The molecule has 208 valence electrons. The Hall–Kier alpha value is -3.64. The van der Waals surface area contributed by atoms with Crippen LogP contribution in [0.15, 0.2) is 36.5 Å². The summed E-state index contributed by atoms with van der Waals surface area (Å²) in [7, 11) is 4.99. The molecule has 2 aromatic carbocycles. The van der Waals surface area contributed by atoms with Crippen molar-refractivity contribution in [3.8, 4) is 11.5 Å². The second kappa shape index (κ2) is 12.9. The number of aromatic nitrogens is 2. The van der Waals surface area contributed by atoms with Crippen LogP contribution in [0.3, 0.4) is 0 Å². The van der Waals surface area contributed by atoms with Gasteiger partial charge in [-0.25, -0.2) is 4.98 Å². The predicted octanol–water partition coefficient (Wildman–Crippen LogP) is 3.51. The van der Waals surface area contributed by atoms with Gasteiger partial charge in [-0.05, 0) is 42.4 Å². The van der Waals surface area contributed by atoms with E-state index in [0.717, 1.165) is 34.8 Å². The van der Waals surface area contributed by atoms with Gasteiger partial charge in [0.2, 0.25) is 11.9 Å². The number of carbonyl (C=O) groups excluding carboxylic acids is 1. The minimum Gasteiger partial charge on any atom is -0.496 e. The summed E-state index contributed by atoms with van der Waals surface area (Å²) in [6, 6.07) is 9.46. The number of hydrogen-bond donors (Lipinski definition) is 4. The average Bonchev–Trinajstić information content (AvgIpc) is 3.05. The van der Waals surface area contributed by atoms with E-state index in [1.54, 1.807) is 26.2 Å². The number of halogens is 1. The minimum absolute atomic E-state index is 0.0198. The molecule has 12 heteroatoms. The molecular weight excluding hydrogens is 522 g/mol. The normalized spacial score (nSPS) is 13.6. The molecule has 2 heterocycles. The average molecular weight is 556 g/mol. The lowest BCUT2D eigenvalue weighted by Crippen LogP contribution is -2.34. The molecule has 0 aliphatic carbocycles. The molecule has 1 aliphatic heterocycles. The SMILES string of the molecule is CCN1CC(=O)N(C)c2cc(Nc3ncc(Cl)c(Nc4ccc(OC)c(CNCCO)c4)n3)c(OC)cc2C1. The molecule has 4 rings (SSSR count). The quantitative estimate of drug-likeness (QED) is 0.261. The van der Waals surface area contributed by atoms with Gasteiger partial charge in [-0.3, -0.25) is 9.69 Å². The predicted molar refractivity (Wildman–Crippen MR) is 153 cm³/mol. The number of aliphatic hydroxyl groups is 1. The molecule has 3 aromatic rings. The summed E-state index contributed by atoms with van der Waals surface area (Å²) in [5.74, 6) is 2.06. The van der Waals surface area contributed by atoms with Crippen LogP contribution in [0.25, 0.3) is 0 Å². The lowest BCUT2D eigenvalue weighted by Gasteiger charge is -2.20. The van der Waals surface area contributed by atoms with Crippen molar-refractivity contribution in [3.63, 3.8) is 0 Å². The van der Waals surface area contributed by atoms with Crippen LogP contribution >= 0.6 is 11.6 Å². The summed E-state index contributed by atoms with van der Waals surface area (Å²) >= 11 is 6.43. The summed E-state index contributed by atoms with van der Waals surface area (Å²) in [4.78, 5) is 25.4. The molecule has 0 fully saturated rings. The molecule has 0 bridgehead atoms. The second-order valence-electron chi connectivity index (χ2n) is 9.00. The monoisotopic (exact) mass is 555 g/mol. The van der Waals surface area contributed by atoms with Crippen molar-refractivity contribution >= 4 is 46.3 Å². The molecule has 0 unspecified atom stereocenters. The van der Waals surface area contributed by atoms with Crippen LogP contribution in [0.5, 0.6) is 11.5 Å². The number of fused-ring (bicyclic) bond motifs is 1. The van der Waals surface area contributed by atoms with E-state index in [0.29, 0.717) is 54.4 Å². The summed E-state index contributed by atoms with van der Waals surface area (Å²) in [6.07, 6.45) is 1.51. The first kappa shape index (κ1) is 28.4. The zero-order valence-electron chi connectivity index (χ0n) is 22.5. The van der Waals surface area contributed by atoms with Crippen molar-refractivity contribution < 1.29 is 19.4 Å². The number of nitrogens with one attached hydrogen (secondary N) is 3. The number of anilines is 5. The maximum absolute atomic E-state index is 12.7. The molecule has 1 aromatic heterocycles. The number of ether oxygens (including phenoxy) is 2. The van der Waals surface area contributed by atoms with Gasteiger partial charge in [-0.15, -0.1) is 0 Å². The van der Waals surface area contributed by atoms with Gasteiger partial charge in [0.05, 0.1) is 44.9 Å². The first-order valence-corrected chi connectivity index (χ1v) is 13.0. The molecule has 11 nitrogen and oxygen atoms in total. The van der Waals surface area contributed by atoms with Crippen molar-refractivity contribution in [2.75, 3.05) is 63.0 Å². The second-order valence-corrected chi connectivity index (χ2v) is 9.41. The number of rotatable bonds is 11. The van der Waals surface area contributed by atoms with Crippen LogP contribution in [-0.4, -0.2) is 73.4 Å². The summed E-state index contributed by atoms with van der Waals surface area (Å²) in [6.45, 7) is 4.84. The molecule has 0 saturated heterocycles. The van der Waals surface area contributed by atoms with Gasteiger partial charge >= 0.3 is 0 Å². The molecule has 0 radical (unpaired) electrons. The molecule has 0 spiro atoms. The molecule has 4 N–H and O–H groups in total. The first-order chi connectivity index (χ1) is 18.9. The fourth-order valence-electron chi connectivity index (χ4n) is 4.34. The highest BCUT2D eigenvalue weighted by atomic mass is 35.5. The Kier molecular flexibility index (Phi) is 9.41. The van der Waals surface area contributed by atoms with Crippen molar-refractivity contribution in [3.05, 3.63) is 52.7 Å². The molecule has 1 amide bonds. The Morgan fingerprint density at radius 3 is 2.62 bits per heavy atom. The number of nitrogens with zero attached hydrogens (tertiary/aromatic N) is 4. The fraction of sp³-hybridized carbons (Fsp3) is 0.370. The Labute approximate surface area is 233 Å². The van der Waals surface area contributed by atoms with E-state index in [9.17, 15) is 4.79 Å². The van der Waals surface area contributed by atoms with E-state index in [-0.39, 0.29) is 12.5 Å². The van der Waals surface area contributed by atoms with Crippen molar-refractivity contribution in [1.82, 2.24) is 20.2 Å². The number of amides is 1. The van der Waals surface area contributed by atoms with Crippen LogP contribution < -0.4 is 30.3 Å². The zero-order valence-corrected chi connectivity index (χ0v) is 23.3. The fourth-order valence-corrected chi connectivity index (χ4v) is 4.48. The van der Waals surface area contributed by atoms with E-state index in [4.69, 9.17) is 26.2 Å². The third-order valence-corrected chi connectivity index (χ3v) is 6.75. The van der Waals surface area contributed by atoms with Crippen LogP contribution in [0.4, 0.5) is 28.8 Å². The maximum Gasteiger partial charge on any atom is 0.240 e. The highest BCUT2D eigenvalue weighted by Gasteiger charge is 2.25. The molecular formula is C27H34ClN7O4. The lowest BCUT2D eigenvalue weighted by molar-refractivity contribution is -0.119. The van der Waals surface area contributed by atoms with E-state index >= 15 is 0 Å². The number of methoxy groups -OCH3 is 2. The highest BCUT2D eigenvalue weighted by molar-refractivity contribution is 6.32. The number of likely N-dealkylation sites (N-methyl/N-ethyl adjacent to an activating group) is 2. The Morgan fingerprint density at radius 2 is 1.90 bits per heavy atom. The van der Waals surface area contributed by atoms with Crippen LogP contribution in [0.1, 0.15) is 18.1 Å². The van der Waals surface area contributed by atoms with Gasteiger partial charge in [0, 0.05) is 37.9 Å². The van der Waals surface area contributed by atoms with Crippen LogP contribution in [0.2, 0.25) is 5.02 Å². The van der Waals surface area contributed by atoms with E-state index in [2.05, 4.69) is 30.8 Å². The van der Waals surface area contributed by atoms with Crippen LogP contribution in [-0.2, 0) is 17.9 Å². The van der Waals surface area contributed by atoms with Gasteiger partial charge in [0.15, 0.2) is 5.82 Å². The van der Waals surface area contributed by atoms with Gasteiger partial charge < -0.3 is 35.4 Å². The Balaban J connectivity index is 1.60. The van der Waals surface area contributed by atoms with E-state index in [1.165, 1.54) is 6.20 Å². The van der Waals surface area contributed by atoms with Crippen LogP contribution in [0, 0.1) is 0 Å². The molecule has 39 heavy (non-hydrogen) atoms. The number of hydrogen-bond acceptors (Lipinski definition) is 10. The lowest BCUT2D eigenvalue weighted by atomic mass is 10.1. The van der Waals surface area contributed by atoms with Crippen molar-refractivity contribution in [1.29, 1.82) is 0 Å². The summed E-state index contributed by atoms with van der Waals surface area (Å²) < 4.78 is 11.1. The van der Waals surface area contributed by atoms with Crippen molar-refractivity contribution in [2.24, 2.45) is 0 Å². The van der Waals surface area contributed by atoms with Crippen molar-refractivity contribution in [2.45, 2.75) is 20.0 Å². The highest BCUT2D eigenvalue weighted by Crippen LogP contribution is 2.37. The zero-order chi connectivity index (χ0) is 27.9. The molecule has 1 aliphatic rings. The summed E-state index contributed by atoms with van der Waals surface area (Å²) in [5.41, 5.74) is 4.08. The third-order valence-electron chi connectivity index (χ3n) is 6.47. The van der Waals surface area contributed by atoms with Gasteiger partial charge in [0.25, 0.3) is 0 Å². The van der Waals surface area contributed by atoms with E-state index in [1.807, 2.05) is 37.3 Å². The topological polar surface area (TPSA) is 124 Å². The largest absolute Gasteiger partial charge is 0.496 e. The molecule has 0 atom stereocenters. The maximum atomic E-state index is 12.7.